The molecule has 2 N–H and O–H groups in total. The average Bonchev–Trinajstić information content (AvgIpc) is 3.12. The maximum Gasteiger partial charge on any atom is 0.255 e. The first kappa shape index (κ1) is 25.4. The Morgan fingerprint density at radius 1 is 1.14 bits per heavy atom. The van der Waals surface area contributed by atoms with Crippen molar-refractivity contribution in [3.05, 3.63) is 69.2 Å². The van der Waals surface area contributed by atoms with Gasteiger partial charge in [-0.15, -0.1) is 0 Å². The van der Waals surface area contributed by atoms with Crippen molar-refractivity contribution in [2.75, 3.05) is 14.1 Å². The van der Waals surface area contributed by atoms with E-state index in [2.05, 4.69) is 21.6 Å². The molecule has 1 saturated heterocycles. The van der Waals surface area contributed by atoms with Crippen LogP contribution >= 0.6 is 11.6 Å². The van der Waals surface area contributed by atoms with Crippen molar-refractivity contribution in [2.45, 2.75) is 57.3 Å². The molecule has 3 aliphatic rings. The predicted molar refractivity (Wildman–Crippen MR) is 139 cm³/mol. The minimum absolute atomic E-state index is 0.197. The number of halogens is 1. The van der Waals surface area contributed by atoms with Gasteiger partial charge in [-0.1, -0.05) is 30.2 Å². The molecule has 5 rings (SSSR count). The van der Waals surface area contributed by atoms with Crippen LogP contribution in [-0.2, 0) is 22.7 Å². The summed E-state index contributed by atoms with van der Waals surface area (Å²) in [5, 5.41) is 6.17. The number of benzene rings is 2. The Morgan fingerprint density at radius 2 is 1.92 bits per heavy atom. The first-order valence-electron chi connectivity index (χ1n) is 12.7. The van der Waals surface area contributed by atoms with Crippen molar-refractivity contribution >= 4 is 35.2 Å². The molecule has 2 fully saturated rings. The van der Waals surface area contributed by atoms with Crippen molar-refractivity contribution in [2.24, 2.45) is 5.92 Å². The van der Waals surface area contributed by atoms with Crippen LogP contribution in [0.4, 0.5) is 0 Å². The van der Waals surface area contributed by atoms with Gasteiger partial charge in [0.2, 0.25) is 11.8 Å². The molecule has 2 atom stereocenters. The number of amides is 4. The van der Waals surface area contributed by atoms with Crippen LogP contribution in [-0.4, -0.2) is 53.6 Å². The summed E-state index contributed by atoms with van der Waals surface area (Å²) in [7, 11) is 4.01. The molecule has 2 aliphatic heterocycles. The summed E-state index contributed by atoms with van der Waals surface area (Å²) >= 11 is 6.70. The van der Waals surface area contributed by atoms with Crippen molar-refractivity contribution in [1.82, 2.24) is 20.4 Å². The number of hydrogen-bond acceptors (Lipinski definition) is 5. The lowest BCUT2D eigenvalue weighted by molar-refractivity contribution is -0.136. The summed E-state index contributed by atoms with van der Waals surface area (Å²) in [6, 6.07) is 10.2. The minimum Gasteiger partial charge on any atom is -0.345 e. The Hall–Kier alpha value is -3.23. The maximum absolute atomic E-state index is 13.4. The molecule has 2 aromatic rings. The summed E-state index contributed by atoms with van der Waals surface area (Å²) in [6.07, 6.45) is 3.69. The van der Waals surface area contributed by atoms with E-state index in [4.69, 9.17) is 11.6 Å². The van der Waals surface area contributed by atoms with Crippen molar-refractivity contribution in [3.8, 4) is 0 Å². The van der Waals surface area contributed by atoms with Gasteiger partial charge < -0.3 is 15.1 Å². The van der Waals surface area contributed by atoms with Crippen LogP contribution in [0.15, 0.2) is 36.4 Å². The third-order valence-corrected chi connectivity index (χ3v) is 7.92. The van der Waals surface area contributed by atoms with Crippen molar-refractivity contribution in [3.63, 3.8) is 0 Å². The molecule has 0 spiro atoms. The third kappa shape index (κ3) is 5.13. The Balaban J connectivity index is 1.34. The molecular weight excluding hydrogens is 492 g/mol. The lowest BCUT2D eigenvalue weighted by Crippen LogP contribution is -2.52. The molecular formula is C28H31ClN4O4. The van der Waals surface area contributed by atoms with Gasteiger partial charge in [-0.2, -0.15) is 0 Å². The van der Waals surface area contributed by atoms with Crippen molar-refractivity contribution in [1.29, 1.82) is 0 Å². The minimum atomic E-state index is -0.685. The van der Waals surface area contributed by atoms with Crippen molar-refractivity contribution < 1.29 is 19.2 Å². The smallest absolute Gasteiger partial charge is 0.255 e. The highest BCUT2D eigenvalue weighted by atomic mass is 35.5. The number of carbonyl (C=O) groups excluding carboxylic acids is 4. The van der Waals surface area contributed by atoms with Crippen LogP contribution < -0.4 is 10.6 Å². The first-order valence-corrected chi connectivity index (χ1v) is 13.1. The van der Waals surface area contributed by atoms with Crippen LogP contribution in [0.3, 0.4) is 0 Å². The van der Waals surface area contributed by atoms with Gasteiger partial charge in [-0.25, -0.2) is 0 Å². The van der Waals surface area contributed by atoms with Crippen LogP contribution in [0, 0.1) is 5.92 Å². The summed E-state index contributed by atoms with van der Waals surface area (Å²) < 4.78 is 0. The highest BCUT2D eigenvalue weighted by molar-refractivity contribution is 6.31. The molecule has 1 saturated carbocycles. The molecule has 2 aromatic carbocycles. The number of rotatable bonds is 7. The molecule has 0 radical (unpaired) electrons. The highest BCUT2D eigenvalue weighted by Gasteiger charge is 2.39. The quantitative estimate of drug-likeness (QED) is 0.543. The van der Waals surface area contributed by atoms with E-state index in [0.717, 1.165) is 36.9 Å². The van der Waals surface area contributed by atoms with Crippen LogP contribution in [0.1, 0.15) is 75.6 Å². The van der Waals surface area contributed by atoms with E-state index in [1.165, 1.54) is 4.90 Å². The van der Waals surface area contributed by atoms with E-state index in [9.17, 15) is 19.2 Å². The summed E-state index contributed by atoms with van der Waals surface area (Å²) in [5.41, 5.74) is 3.68. The molecule has 2 heterocycles. The van der Waals surface area contributed by atoms with Gasteiger partial charge in [-0.3, -0.25) is 24.5 Å². The molecule has 1 unspecified atom stereocenters. The predicted octanol–water partition coefficient (Wildman–Crippen LogP) is 3.43. The number of piperidine rings is 1. The molecule has 1 aliphatic carbocycles. The molecule has 9 heteroatoms. The molecule has 0 aromatic heterocycles. The zero-order chi connectivity index (χ0) is 26.3. The molecule has 4 amide bonds. The van der Waals surface area contributed by atoms with E-state index in [1.54, 1.807) is 18.2 Å². The largest absolute Gasteiger partial charge is 0.345 e. The SMILES string of the molecule is CN(C)Cc1ccc([C@@H](NC(=O)c2ccc3c(c2)CN(C2CCC(=O)NC2=O)C3=O)C2CCC2)c(Cl)c1. The summed E-state index contributed by atoms with van der Waals surface area (Å²) in [6.45, 7) is 1.01. The monoisotopic (exact) mass is 522 g/mol. The van der Waals surface area contributed by atoms with Gasteiger partial charge in [-0.05, 0) is 80.2 Å². The van der Waals surface area contributed by atoms with Gasteiger partial charge in [0.1, 0.15) is 6.04 Å². The second-order valence-electron chi connectivity index (χ2n) is 10.5. The zero-order valence-electron chi connectivity index (χ0n) is 21.1. The standard InChI is InChI=1S/C28H31ClN4O4/c1-32(2)14-16-6-8-21(22(29)12-16)25(17-4-3-5-17)31-26(35)18-7-9-20-19(13-18)15-33(28(20)37)23-10-11-24(34)30-27(23)36/h6-9,12-13,17,23,25H,3-5,10-11,14-15H2,1-2H3,(H,31,35)(H,30,34,36)/t23?,25-/m0/s1. The van der Waals surface area contributed by atoms with Gasteiger partial charge in [0, 0.05) is 35.7 Å². The molecule has 194 valence electrons. The lowest BCUT2D eigenvalue weighted by atomic mass is 9.77. The fourth-order valence-corrected chi connectivity index (χ4v) is 5.77. The van der Waals surface area contributed by atoms with E-state index >= 15 is 0 Å². The fraction of sp³-hybridized carbons (Fsp3) is 0.429. The molecule has 0 bridgehead atoms. The molecule has 37 heavy (non-hydrogen) atoms. The first-order chi connectivity index (χ1) is 17.7. The second-order valence-corrected chi connectivity index (χ2v) is 10.9. The Bertz CT molecular complexity index is 1270. The lowest BCUT2D eigenvalue weighted by Gasteiger charge is -2.35. The van der Waals surface area contributed by atoms with E-state index in [1.807, 2.05) is 26.2 Å². The normalized spacial score (nSPS) is 20.5. The number of imide groups is 1. The maximum atomic E-state index is 13.4. The summed E-state index contributed by atoms with van der Waals surface area (Å²) in [4.78, 5) is 53.8. The van der Waals surface area contributed by atoms with Crippen LogP contribution in [0.2, 0.25) is 5.02 Å². The van der Waals surface area contributed by atoms with Gasteiger partial charge in [0.25, 0.3) is 11.8 Å². The van der Waals surface area contributed by atoms with E-state index in [0.29, 0.717) is 34.1 Å². The fourth-order valence-electron chi connectivity index (χ4n) is 5.45. The van der Waals surface area contributed by atoms with E-state index in [-0.39, 0.29) is 36.7 Å². The number of fused-ring (bicyclic) bond motifs is 1. The Morgan fingerprint density at radius 3 is 2.57 bits per heavy atom. The number of carbonyl (C=O) groups is 4. The highest BCUT2D eigenvalue weighted by Crippen LogP contribution is 2.40. The molecule has 8 nitrogen and oxygen atoms in total. The van der Waals surface area contributed by atoms with E-state index < -0.39 is 11.9 Å². The zero-order valence-corrected chi connectivity index (χ0v) is 21.8. The van der Waals surface area contributed by atoms with Gasteiger partial charge in [0.15, 0.2) is 0 Å². The number of hydrogen-bond donors (Lipinski definition) is 2. The number of nitrogens with one attached hydrogen (secondary N) is 2. The second kappa shape index (κ2) is 10.3. The van der Waals surface area contributed by atoms with Crippen LogP contribution in [0.5, 0.6) is 0 Å². The summed E-state index contributed by atoms with van der Waals surface area (Å²) in [5.74, 6) is -0.932. The Kier molecular flexibility index (Phi) is 7.05. The topological polar surface area (TPSA) is 98.8 Å². The van der Waals surface area contributed by atoms with Gasteiger partial charge >= 0.3 is 0 Å². The van der Waals surface area contributed by atoms with Crippen LogP contribution in [0.25, 0.3) is 0 Å². The van der Waals surface area contributed by atoms with Gasteiger partial charge in [0.05, 0.1) is 6.04 Å². The number of nitrogens with zero attached hydrogens (tertiary/aromatic N) is 2. The Labute approximate surface area is 221 Å². The third-order valence-electron chi connectivity index (χ3n) is 7.59. The average molecular weight is 523 g/mol.